The van der Waals surface area contributed by atoms with Gasteiger partial charge in [-0.2, -0.15) is 9.82 Å². The largest absolute Gasteiger partial charge is 0.480 e. The molecule has 0 radical (unpaired) electrons. The molecule has 1 aromatic carbocycles. The van der Waals surface area contributed by atoms with Crippen LogP contribution in [0.25, 0.3) is 4.96 Å². The summed E-state index contributed by atoms with van der Waals surface area (Å²) in [6.07, 6.45) is 6.34. The van der Waals surface area contributed by atoms with Crippen LogP contribution in [0.3, 0.4) is 0 Å². The lowest BCUT2D eigenvalue weighted by atomic mass is 10.1. The molecule has 0 amide bonds. The Morgan fingerprint density at radius 1 is 1.28 bits per heavy atom. The number of nitrogens with zero attached hydrogens (tertiary/aromatic N) is 4. The molecule has 1 unspecified atom stereocenters. The fourth-order valence-electron chi connectivity index (χ4n) is 4.19. The van der Waals surface area contributed by atoms with Crippen molar-refractivity contribution in [3.05, 3.63) is 71.4 Å². The number of halogens is 1. The minimum atomic E-state index is -4.08. The number of rotatable bonds is 7. The fraction of sp³-hybridized carbons (Fsp3) is 0.250. The highest BCUT2D eigenvalue weighted by atomic mass is 35.5. The van der Waals surface area contributed by atoms with E-state index in [0.717, 1.165) is 16.9 Å². The van der Waals surface area contributed by atoms with Gasteiger partial charge in [0.25, 0.3) is 10.0 Å². The number of hydrogen-bond donors (Lipinski definition) is 2. The van der Waals surface area contributed by atoms with Crippen LogP contribution in [0.4, 0.5) is 0 Å². The molecule has 3 atom stereocenters. The van der Waals surface area contributed by atoms with Gasteiger partial charge in [0.15, 0.2) is 9.17 Å². The van der Waals surface area contributed by atoms with E-state index in [1.165, 1.54) is 12.4 Å². The number of fused-ring (bicyclic) bond motifs is 1. The van der Waals surface area contributed by atoms with Crippen molar-refractivity contribution in [2.45, 2.75) is 29.1 Å². The number of carboxylic acids is 1. The van der Waals surface area contributed by atoms with Crippen molar-refractivity contribution in [3.8, 4) is 0 Å². The minimum absolute atomic E-state index is 0.000204. The maximum atomic E-state index is 13.1. The van der Waals surface area contributed by atoms with Crippen LogP contribution in [0, 0.1) is 5.92 Å². The van der Waals surface area contributed by atoms with Crippen molar-refractivity contribution in [1.82, 2.24) is 23.9 Å². The zero-order chi connectivity index (χ0) is 22.7. The summed E-state index contributed by atoms with van der Waals surface area (Å²) in [4.78, 5) is 17.1. The number of carbonyl (C=O) groups is 1. The maximum absolute atomic E-state index is 13.1. The summed E-state index contributed by atoms with van der Waals surface area (Å²) < 4.78 is 32.0. The minimum Gasteiger partial charge on any atom is -0.480 e. The van der Waals surface area contributed by atoms with Gasteiger partial charge in [-0.25, -0.2) is 13.4 Å². The van der Waals surface area contributed by atoms with Gasteiger partial charge in [0.1, 0.15) is 5.54 Å². The molecule has 0 aliphatic heterocycles. The van der Waals surface area contributed by atoms with Crippen LogP contribution in [0.1, 0.15) is 24.1 Å². The molecule has 9 nitrogen and oxygen atoms in total. The van der Waals surface area contributed by atoms with Crippen LogP contribution in [-0.4, -0.2) is 44.2 Å². The fourth-order valence-corrected chi connectivity index (χ4v) is 7.05. The molecular weight excluding hydrogens is 474 g/mol. The second-order valence-electron chi connectivity index (χ2n) is 7.79. The van der Waals surface area contributed by atoms with E-state index < -0.39 is 33.4 Å². The first kappa shape index (κ1) is 21.1. The third-order valence-electron chi connectivity index (χ3n) is 5.79. The summed E-state index contributed by atoms with van der Waals surface area (Å²) >= 11 is 6.84. The van der Waals surface area contributed by atoms with Crippen molar-refractivity contribution in [3.63, 3.8) is 0 Å². The molecule has 3 aromatic heterocycles. The van der Waals surface area contributed by atoms with Gasteiger partial charge in [0, 0.05) is 24.5 Å². The number of sulfonamides is 1. The maximum Gasteiger partial charge on any atom is 0.325 e. The molecule has 0 spiro atoms. The van der Waals surface area contributed by atoms with Gasteiger partial charge in [0.05, 0.1) is 23.5 Å². The molecule has 2 N–H and O–H groups in total. The number of thiazole rings is 1. The van der Waals surface area contributed by atoms with Crippen molar-refractivity contribution in [1.29, 1.82) is 0 Å². The van der Waals surface area contributed by atoms with E-state index in [4.69, 9.17) is 11.6 Å². The topological polar surface area (TPSA) is 119 Å². The van der Waals surface area contributed by atoms with E-state index in [1.807, 2.05) is 30.3 Å². The summed E-state index contributed by atoms with van der Waals surface area (Å²) in [6.45, 7) is 2.13. The summed E-state index contributed by atoms with van der Waals surface area (Å²) in [5.74, 6) is -2.04. The molecule has 4 aromatic rings. The quantitative estimate of drug-likeness (QED) is 0.410. The number of hydrogen-bond acceptors (Lipinski definition) is 6. The lowest BCUT2D eigenvalue weighted by Gasteiger charge is -2.15. The zero-order valence-electron chi connectivity index (χ0n) is 16.7. The van der Waals surface area contributed by atoms with Crippen LogP contribution < -0.4 is 4.72 Å². The second kappa shape index (κ2) is 7.41. The molecule has 1 aliphatic carbocycles. The molecule has 1 saturated carbocycles. The Bertz CT molecular complexity index is 1400. The Kier molecular flexibility index (Phi) is 4.89. The number of imidazole rings is 1. The first-order valence-electron chi connectivity index (χ1n) is 9.68. The highest BCUT2D eigenvalue weighted by Crippen LogP contribution is 2.58. The molecular formula is C20H18ClN5O4S2. The number of benzene rings is 1. The van der Waals surface area contributed by atoms with Gasteiger partial charge in [-0.05, 0) is 11.5 Å². The third-order valence-corrected chi connectivity index (χ3v) is 8.93. The molecule has 0 saturated heterocycles. The van der Waals surface area contributed by atoms with E-state index in [-0.39, 0.29) is 4.21 Å². The molecule has 1 fully saturated rings. The van der Waals surface area contributed by atoms with Crippen molar-refractivity contribution >= 4 is 43.9 Å². The average molecular weight is 492 g/mol. The number of aliphatic carboxylic acids is 1. The van der Waals surface area contributed by atoms with Gasteiger partial charge in [-0.3, -0.25) is 13.9 Å². The summed E-state index contributed by atoms with van der Waals surface area (Å²) in [6, 6.07) is 9.08. The SMILES string of the molecule is CC1[C@@H](c2ccccc2)[C@]1(NS(=O)(=O)c1cn2cc(Cn3cc(Cl)cn3)nc2s1)C(=O)O. The first-order valence-corrected chi connectivity index (χ1v) is 12.4. The smallest absolute Gasteiger partial charge is 0.325 e. The van der Waals surface area contributed by atoms with Crippen LogP contribution in [0.5, 0.6) is 0 Å². The van der Waals surface area contributed by atoms with Crippen molar-refractivity contribution < 1.29 is 18.3 Å². The summed E-state index contributed by atoms with van der Waals surface area (Å²) in [5.41, 5.74) is -0.110. The Balaban J connectivity index is 1.41. The standard InChI is InChI=1S/C20H18ClN5O4S2/c1-12-17(13-5-3-2-4-6-13)20(12,18(27)28)24-32(29,30)16-11-25-9-15(23-19(25)31-16)10-26-8-14(21)7-22-26/h2-9,11-12,17,24H,10H2,1H3,(H,27,28)/t12?,17-,20-/m0/s1. The van der Waals surface area contributed by atoms with Gasteiger partial charge in [-0.15, -0.1) is 0 Å². The second-order valence-corrected chi connectivity index (χ2v) is 11.1. The van der Waals surface area contributed by atoms with Gasteiger partial charge in [0.2, 0.25) is 0 Å². The molecule has 166 valence electrons. The molecule has 3 heterocycles. The van der Waals surface area contributed by atoms with Crippen LogP contribution in [0.15, 0.2) is 59.3 Å². The normalized spacial score (nSPS) is 22.9. The number of carboxylic acid groups (broad SMARTS) is 1. The number of nitrogens with one attached hydrogen (secondary N) is 1. The van der Waals surface area contributed by atoms with E-state index in [9.17, 15) is 18.3 Å². The van der Waals surface area contributed by atoms with E-state index in [1.54, 1.807) is 28.4 Å². The summed E-state index contributed by atoms with van der Waals surface area (Å²) in [7, 11) is -4.08. The van der Waals surface area contributed by atoms with E-state index in [0.29, 0.717) is 22.2 Å². The predicted molar refractivity (Wildman–Crippen MR) is 118 cm³/mol. The monoisotopic (exact) mass is 491 g/mol. The highest BCUT2D eigenvalue weighted by molar-refractivity contribution is 7.91. The third kappa shape index (κ3) is 3.41. The Hall–Kier alpha value is -2.73. The predicted octanol–water partition coefficient (Wildman–Crippen LogP) is 2.83. The van der Waals surface area contributed by atoms with Crippen molar-refractivity contribution in [2.75, 3.05) is 0 Å². The Labute approximate surface area is 192 Å². The van der Waals surface area contributed by atoms with Crippen LogP contribution in [0.2, 0.25) is 5.02 Å². The molecule has 12 heteroatoms. The molecule has 1 aliphatic rings. The van der Waals surface area contributed by atoms with Crippen molar-refractivity contribution in [2.24, 2.45) is 5.92 Å². The zero-order valence-corrected chi connectivity index (χ0v) is 19.1. The summed E-state index contributed by atoms with van der Waals surface area (Å²) in [5, 5.41) is 14.6. The van der Waals surface area contributed by atoms with Crippen LogP contribution in [-0.2, 0) is 21.4 Å². The van der Waals surface area contributed by atoms with E-state index in [2.05, 4.69) is 14.8 Å². The number of aromatic nitrogens is 4. The van der Waals surface area contributed by atoms with Crippen LogP contribution >= 0.6 is 22.9 Å². The molecule has 0 bridgehead atoms. The molecule has 32 heavy (non-hydrogen) atoms. The lowest BCUT2D eigenvalue weighted by molar-refractivity contribution is -0.140. The average Bonchev–Trinajstić information content (AvgIpc) is 3.15. The Morgan fingerprint density at radius 3 is 2.66 bits per heavy atom. The first-order chi connectivity index (χ1) is 15.2. The van der Waals surface area contributed by atoms with Gasteiger partial charge >= 0.3 is 5.97 Å². The lowest BCUT2D eigenvalue weighted by Crippen LogP contribution is -2.45. The van der Waals surface area contributed by atoms with E-state index >= 15 is 0 Å². The molecule has 5 rings (SSSR count). The van der Waals surface area contributed by atoms with Gasteiger partial charge in [-0.1, -0.05) is 60.2 Å². The highest BCUT2D eigenvalue weighted by Gasteiger charge is 2.70. The van der Waals surface area contributed by atoms with Gasteiger partial charge < -0.3 is 5.11 Å². The Morgan fingerprint density at radius 2 is 2.03 bits per heavy atom.